The summed E-state index contributed by atoms with van der Waals surface area (Å²) in [6.07, 6.45) is 6.05. The molecule has 2 aromatic heterocycles. The van der Waals surface area contributed by atoms with Gasteiger partial charge in [0.2, 0.25) is 10.0 Å². The molecule has 34 heavy (non-hydrogen) atoms. The van der Waals surface area contributed by atoms with Crippen LogP contribution in [0.25, 0.3) is 0 Å². The molecule has 1 aliphatic rings. The van der Waals surface area contributed by atoms with E-state index in [1.807, 2.05) is 48.5 Å². The molecule has 1 aliphatic heterocycles. The standard InChI is InChI=1S/C26H27N5O2S/c32-34(33,31-15-11-22-7-1-2-8-23(22)18-31)25-10-5-6-21(16-25)17-30(20-26-28-13-14-29-26)19-24-9-3-4-12-27-24/h1-10,12-14,16H,11,15,17-20H2,(H,28,29). The fourth-order valence-corrected chi connectivity index (χ4v) is 5.86. The third kappa shape index (κ3) is 5.09. The Kier molecular flexibility index (Phi) is 6.53. The molecule has 8 heteroatoms. The van der Waals surface area contributed by atoms with Gasteiger partial charge in [-0.05, 0) is 47.4 Å². The van der Waals surface area contributed by atoms with Gasteiger partial charge in [-0.2, -0.15) is 4.31 Å². The zero-order valence-corrected chi connectivity index (χ0v) is 19.7. The number of H-pyrrole nitrogens is 1. The fraction of sp³-hybridized carbons (Fsp3) is 0.231. The molecule has 0 spiro atoms. The van der Waals surface area contributed by atoms with Gasteiger partial charge in [0, 0.05) is 44.8 Å². The second-order valence-electron chi connectivity index (χ2n) is 8.51. The van der Waals surface area contributed by atoms with E-state index in [4.69, 9.17) is 0 Å². The predicted molar refractivity (Wildman–Crippen MR) is 130 cm³/mol. The SMILES string of the molecule is O=S(=O)(c1cccc(CN(Cc2ccccn2)Cc2ncc[nH]2)c1)N1CCc2ccccc2C1. The number of aromatic amines is 1. The molecule has 174 valence electrons. The van der Waals surface area contributed by atoms with Gasteiger partial charge in [0.15, 0.2) is 0 Å². The summed E-state index contributed by atoms with van der Waals surface area (Å²) in [5, 5.41) is 0. The molecule has 0 atom stereocenters. The van der Waals surface area contributed by atoms with Crippen molar-refractivity contribution in [2.24, 2.45) is 0 Å². The van der Waals surface area contributed by atoms with Crippen molar-refractivity contribution >= 4 is 10.0 Å². The highest BCUT2D eigenvalue weighted by Gasteiger charge is 2.28. The van der Waals surface area contributed by atoms with Gasteiger partial charge in [-0.1, -0.05) is 42.5 Å². The quantitative estimate of drug-likeness (QED) is 0.421. The van der Waals surface area contributed by atoms with Crippen LogP contribution in [-0.2, 0) is 42.6 Å². The zero-order valence-electron chi connectivity index (χ0n) is 18.8. The molecule has 0 aliphatic carbocycles. The lowest BCUT2D eigenvalue weighted by Crippen LogP contribution is -2.36. The third-order valence-electron chi connectivity index (χ3n) is 6.08. The Hall–Kier alpha value is -3.33. The van der Waals surface area contributed by atoms with E-state index in [1.165, 1.54) is 5.56 Å². The predicted octanol–water partition coefficient (Wildman–Crippen LogP) is 3.75. The van der Waals surface area contributed by atoms with Crippen LogP contribution >= 0.6 is 0 Å². The van der Waals surface area contributed by atoms with Crippen LogP contribution in [-0.4, -0.2) is 39.1 Å². The summed E-state index contributed by atoms with van der Waals surface area (Å²) in [5.74, 6) is 0.853. The number of nitrogens with one attached hydrogen (secondary N) is 1. The first kappa shape index (κ1) is 22.5. The normalized spacial score (nSPS) is 14.3. The highest BCUT2D eigenvalue weighted by Crippen LogP contribution is 2.26. The number of benzene rings is 2. The first-order chi connectivity index (χ1) is 16.6. The van der Waals surface area contributed by atoms with E-state index in [0.717, 1.165) is 29.1 Å². The summed E-state index contributed by atoms with van der Waals surface area (Å²) in [5.41, 5.74) is 4.19. The fourth-order valence-electron chi connectivity index (χ4n) is 4.37. The van der Waals surface area contributed by atoms with Gasteiger partial charge in [0.05, 0.1) is 17.1 Å². The molecule has 2 aromatic carbocycles. The van der Waals surface area contributed by atoms with Gasteiger partial charge in [-0.3, -0.25) is 9.88 Å². The molecule has 0 fully saturated rings. The van der Waals surface area contributed by atoms with Crippen molar-refractivity contribution in [3.63, 3.8) is 0 Å². The van der Waals surface area contributed by atoms with Crippen molar-refractivity contribution in [2.45, 2.75) is 37.5 Å². The van der Waals surface area contributed by atoms with Crippen LogP contribution in [0.1, 0.15) is 28.2 Å². The van der Waals surface area contributed by atoms with Crippen LogP contribution in [0.4, 0.5) is 0 Å². The molecule has 0 amide bonds. The van der Waals surface area contributed by atoms with Crippen molar-refractivity contribution in [3.8, 4) is 0 Å². The van der Waals surface area contributed by atoms with Gasteiger partial charge >= 0.3 is 0 Å². The summed E-state index contributed by atoms with van der Waals surface area (Å²) in [6, 6.07) is 21.2. The second-order valence-corrected chi connectivity index (χ2v) is 10.4. The molecular weight excluding hydrogens is 446 g/mol. The first-order valence-corrected chi connectivity index (χ1v) is 12.8. The number of aromatic nitrogens is 3. The highest BCUT2D eigenvalue weighted by molar-refractivity contribution is 7.89. The number of nitrogens with zero attached hydrogens (tertiary/aromatic N) is 4. The van der Waals surface area contributed by atoms with Crippen molar-refractivity contribution in [1.82, 2.24) is 24.2 Å². The van der Waals surface area contributed by atoms with Gasteiger partial charge in [-0.25, -0.2) is 13.4 Å². The number of fused-ring (bicyclic) bond motifs is 1. The van der Waals surface area contributed by atoms with Crippen LogP contribution in [0.3, 0.4) is 0 Å². The minimum absolute atomic E-state index is 0.333. The monoisotopic (exact) mass is 473 g/mol. The molecule has 0 saturated carbocycles. The van der Waals surface area contributed by atoms with Crippen molar-refractivity contribution < 1.29 is 8.42 Å². The van der Waals surface area contributed by atoms with Crippen molar-refractivity contribution in [3.05, 3.63) is 114 Å². The van der Waals surface area contributed by atoms with Gasteiger partial charge in [0.1, 0.15) is 5.82 Å². The molecule has 0 unspecified atom stereocenters. The average molecular weight is 474 g/mol. The Morgan fingerprint density at radius 1 is 0.882 bits per heavy atom. The summed E-state index contributed by atoms with van der Waals surface area (Å²) >= 11 is 0. The minimum Gasteiger partial charge on any atom is -0.348 e. The number of hydrogen-bond acceptors (Lipinski definition) is 5. The zero-order chi connectivity index (χ0) is 23.4. The van der Waals surface area contributed by atoms with E-state index in [2.05, 4.69) is 25.9 Å². The smallest absolute Gasteiger partial charge is 0.243 e. The van der Waals surface area contributed by atoms with Gasteiger partial charge in [-0.15, -0.1) is 0 Å². The van der Waals surface area contributed by atoms with Crippen LogP contribution in [0.5, 0.6) is 0 Å². The van der Waals surface area contributed by atoms with Gasteiger partial charge < -0.3 is 4.98 Å². The Balaban J connectivity index is 1.36. The lowest BCUT2D eigenvalue weighted by molar-refractivity contribution is 0.239. The maximum atomic E-state index is 13.5. The molecular formula is C26H27N5O2S. The molecule has 0 radical (unpaired) electrons. The van der Waals surface area contributed by atoms with Gasteiger partial charge in [0.25, 0.3) is 0 Å². The van der Waals surface area contributed by atoms with Crippen LogP contribution < -0.4 is 0 Å². The van der Waals surface area contributed by atoms with Crippen LogP contribution in [0.2, 0.25) is 0 Å². The summed E-state index contributed by atoms with van der Waals surface area (Å²) in [7, 11) is -3.59. The third-order valence-corrected chi connectivity index (χ3v) is 7.92. The topological polar surface area (TPSA) is 82.2 Å². The second kappa shape index (κ2) is 9.89. The number of pyridine rings is 1. The lowest BCUT2D eigenvalue weighted by Gasteiger charge is -2.28. The Labute approximate surface area is 200 Å². The van der Waals surface area contributed by atoms with E-state index < -0.39 is 10.0 Å². The Bertz CT molecular complexity index is 1340. The lowest BCUT2D eigenvalue weighted by atomic mass is 10.0. The summed E-state index contributed by atoms with van der Waals surface area (Å²) in [6.45, 7) is 2.70. The molecule has 7 nitrogen and oxygen atoms in total. The number of sulfonamides is 1. The van der Waals surface area contributed by atoms with E-state index in [-0.39, 0.29) is 0 Å². The maximum Gasteiger partial charge on any atom is 0.243 e. The van der Waals surface area contributed by atoms with Crippen LogP contribution in [0.15, 0.2) is 90.2 Å². The minimum atomic E-state index is -3.59. The van der Waals surface area contributed by atoms with E-state index in [0.29, 0.717) is 37.6 Å². The molecule has 3 heterocycles. The Morgan fingerprint density at radius 2 is 1.74 bits per heavy atom. The van der Waals surface area contributed by atoms with E-state index in [9.17, 15) is 8.42 Å². The Morgan fingerprint density at radius 3 is 2.53 bits per heavy atom. The molecule has 4 aromatic rings. The van der Waals surface area contributed by atoms with Crippen molar-refractivity contribution in [1.29, 1.82) is 0 Å². The largest absolute Gasteiger partial charge is 0.348 e. The number of hydrogen-bond donors (Lipinski definition) is 1. The van der Waals surface area contributed by atoms with Crippen LogP contribution in [0, 0.1) is 0 Å². The van der Waals surface area contributed by atoms with Crippen molar-refractivity contribution in [2.75, 3.05) is 6.54 Å². The average Bonchev–Trinajstić information content (AvgIpc) is 3.37. The molecule has 5 rings (SSSR count). The first-order valence-electron chi connectivity index (χ1n) is 11.3. The van der Waals surface area contributed by atoms with E-state index >= 15 is 0 Å². The molecule has 0 saturated heterocycles. The maximum absolute atomic E-state index is 13.5. The molecule has 0 bridgehead atoms. The number of imidazole rings is 1. The highest BCUT2D eigenvalue weighted by atomic mass is 32.2. The van der Waals surface area contributed by atoms with E-state index in [1.54, 1.807) is 35.0 Å². The molecule has 1 N–H and O–H groups in total. The number of rotatable bonds is 8. The summed E-state index contributed by atoms with van der Waals surface area (Å²) in [4.78, 5) is 14.5. The summed E-state index contributed by atoms with van der Waals surface area (Å²) < 4.78 is 28.5.